The number of hydrogen-bond acceptors (Lipinski definition) is 5. The molecule has 0 bridgehead atoms. The van der Waals surface area contributed by atoms with Crippen LogP contribution in [-0.4, -0.2) is 66.6 Å². The molecule has 5 rings (SSSR count). The van der Waals surface area contributed by atoms with E-state index in [4.69, 9.17) is 11.6 Å². The lowest BCUT2D eigenvalue weighted by molar-refractivity contribution is -0.192. The van der Waals surface area contributed by atoms with Crippen LogP contribution in [0.25, 0.3) is 0 Å². The Balaban J connectivity index is 1.30. The second kappa shape index (κ2) is 8.56. The second-order valence-corrected chi connectivity index (χ2v) is 12.1. The molecule has 3 aliphatic rings. The van der Waals surface area contributed by atoms with Gasteiger partial charge in [-0.25, -0.2) is 12.8 Å². The van der Waals surface area contributed by atoms with Crippen molar-refractivity contribution in [3.63, 3.8) is 0 Å². The van der Waals surface area contributed by atoms with E-state index in [1.807, 2.05) is 0 Å². The number of amides is 1. The number of likely N-dealkylation sites (tertiary alicyclic amines) is 1. The quantitative estimate of drug-likeness (QED) is 0.580. The van der Waals surface area contributed by atoms with E-state index in [0.29, 0.717) is 24.1 Å². The van der Waals surface area contributed by atoms with Crippen molar-refractivity contribution in [3.05, 3.63) is 58.1 Å². The normalized spacial score (nSPS) is 22.6. The van der Waals surface area contributed by atoms with Crippen molar-refractivity contribution in [1.29, 1.82) is 0 Å². The van der Waals surface area contributed by atoms with Crippen molar-refractivity contribution in [2.75, 3.05) is 31.2 Å². The van der Waals surface area contributed by atoms with Gasteiger partial charge in [-0.2, -0.15) is 17.5 Å². The number of carbonyl (C=O) groups excluding carboxylic acids is 1. The van der Waals surface area contributed by atoms with E-state index in [-0.39, 0.29) is 42.8 Å². The summed E-state index contributed by atoms with van der Waals surface area (Å²) in [6, 6.07) is 3.53. The van der Waals surface area contributed by atoms with E-state index in [9.17, 15) is 30.8 Å². The topological polar surface area (TPSA) is 82.6 Å². The highest BCUT2D eigenvalue weighted by molar-refractivity contribution is 7.88. The number of anilines is 1. The number of nitrogens with zero attached hydrogens (tertiary/aromatic N) is 3. The minimum absolute atomic E-state index is 0.0442. The van der Waals surface area contributed by atoms with Gasteiger partial charge in [0, 0.05) is 25.7 Å². The van der Waals surface area contributed by atoms with E-state index >= 15 is 0 Å². The molecule has 1 amide bonds. The van der Waals surface area contributed by atoms with Crippen molar-refractivity contribution < 1.29 is 30.8 Å². The fourth-order valence-corrected chi connectivity index (χ4v) is 6.51. The molecule has 1 N–H and O–H groups in total. The Hall–Kier alpha value is -2.44. The number of sulfonamides is 1. The highest BCUT2D eigenvalue weighted by Crippen LogP contribution is 2.48. The van der Waals surface area contributed by atoms with Gasteiger partial charge in [0.05, 0.1) is 34.3 Å². The monoisotopic (exact) mass is 546 g/mol. The first-order chi connectivity index (χ1) is 16.8. The lowest BCUT2D eigenvalue weighted by Crippen LogP contribution is -2.61. The van der Waals surface area contributed by atoms with E-state index in [2.05, 4.69) is 10.3 Å². The van der Waals surface area contributed by atoms with Crippen LogP contribution in [0.2, 0.25) is 5.02 Å². The first kappa shape index (κ1) is 25.2. The van der Waals surface area contributed by atoms with Gasteiger partial charge in [0.2, 0.25) is 15.9 Å². The minimum atomic E-state index is -4.77. The van der Waals surface area contributed by atoms with Gasteiger partial charge in [0.15, 0.2) is 6.04 Å². The predicted molar refractivity (Wildman–Crippen MR) is 124 cm³/mol. The van der Waals surface area contributed by atoms with Crippen LogP contribution < -0.4 is 5.32 Å². The number of rotatable bonds is 5. The van der Waals surface area contributed by atoms with Crippen molar-refractivity contribution in [1.82, 2.24) is 14.2 Å². The number of fused-ring (bicyclic) bond motifs is 1. The number of nitrogens with one attached hydrogen (secondary N) is 1. The zero-order valence-electron chi connectivity index (χ0n) is 19.1. The highest BCUT2D eigenvalue weighted by atomic mass is 35.5. The number of carbonyl (C=O) groups is 1. The first-order valence-corrected chi connectivity index (χ1v) is 13.5. The van der Waals surface area contributed by atoms with Gasteiger partial charge in [-0.1, -0.05) is 17.7 Å². The number of alkyl halides is 3. The second-order valence-electron chi connectivity index (χ2n) is 9.72. The Labute approximate surface area is 210 Å². The minimum Gasteiger partial charge on any atom is -0.380 e. The summed E-state index contributed by atoms with van der Waals surface area (Å²) in [5.41, 5.74) is 0.363. The molecule has 194 valence electrons. The summed E-state index contributed by atoms with van der Waals surface area (Å²) >= 11 is 5.85. The maximum Gasteiger partial charge on any atom is 0.414 e. The van der Waals surface area contributed by atoms with Gasteiger partial charge in [-0.15, -0.1) is 0 Å². The van der Waals surface area contributed by atoms with E-state index < -0.39 is 39.4 Å². The Kier molecular flexibility index (Phi) is 6.00. The van der Waals surface area contributed by atoms with Crippen molar-refractivity contribution >= 4 is 33.2 Å². The molecule has 1 spiro atoms. The molecule has 3 heterocycles. The Morgan fingerprint density at radius 3 is 2.53 bits per heavy atom. The van der Waals surface area contributed by atoms with Gasteiger partial charge in [-0.05, 0) is 48.6 Å². The molecule has 13 heteroatoms. The average molecular weight is 547 g/mol. The van der Waals surface area contributed by atoms with Gasteiger partial charge in [0.1, 0.15) is 5.82 Å². The maximum atomic E-state index is 14.3. The zero-order chi connectivity index (χ0) is 26.0. The average Bonchev–Trinajstić information content (AvgIpc) is 3.31. The standard InChI is InChI=1S/C23H23ClF4N4O3S/c1-36(34,35)31-11-22(12-31)6-7-32(21(22)33)20(23(26,27)28)18-5-3-14(10-29-18)30-15-8-13-2-4-17(24)19(25)16(13)9-15/h2-5,10,15,20,30H,6-9,11-12H2,1H3. The molecule has 2 fully saturated rings. The summed E-state index contributed by atoms with van der Waals surface area (Å²) in [7, 11) is -3.51. The maximum absolute atomic E-state index is 14.3. The number of benzene rings is 1. The predicted octanol–water partition coefficient (Wildman–Crippen LogP) is 3.55. The molecule has 2 unspecified atom stereocenters. The summed E-state index contributed by atoms with van der Waals surface area (Å²) in [5, 5.41) is 3.22. The van der Waals surface area contributed by atoms with Gasteiger partial charge in [0.25, 0.3) is 0 Å². The molecule has 1 aromatic heterocycles. The summed E-state index contributed by atoms with van der Waals surface area (Å²) in [5.74, 6) is -1.17. The lowest BCUT2D eigenvalue weighted by Gasteiger charge is -2.45. The van der Waals surface area contributed by atoms with Crippen LogP contribution in [0.3, 0.4) is 0 Å². The number of aromatic nitrogens is 1. The van der Waals surface area contributed by atoms with E-state index in [1.165, 1.54) is 24.4 Å². The van der Waals surface area contributed by atoms with Gasteiger partial charge in [-0.3, -0.25) is 9.78 Å². The van der Waals surface area contributed by atoms with Crippen LogP contribution in [0, 0.1) is 11.2 Å². The van der Waals surface area contributed by atoms with Crippen molar-refractivity contribution in [2.45, 2.75) is 37.5 Å². The smallest absolute Gasteiger partial charge is 0.380 e. The Bertz CT molecular complexity index is 1310. The fourth-order valence-electron chi connectivity index (χ4n) is 5.37. The molecule has 2 atom stereocenters. The van der Waals surface area contributed by atoms with Crippen LogP contribution in [-0.2, 0) is 27.7 Å². The van der Waals surface area contributed by atoms with Crippen LogP contribution in [0.15, 0.2) is 30.5 Å². The summed E-state index contributed by atoms with van der Waals surface area (Å²) in [6.07, 6.45) is -1.44. The number of halogens is 5. The fraction of sp³-hybridized carbons (Fsp3) is 0.478. The van der Waals surface area contributed by atoms with Gasteiger partial charge < -0.3 is 10.2 Å². The first-order valence-electron chi connectivity index (χ1n) is 11.3. The van der Waals surface area contributed by atoms with Crippen LogP contribution in [0.1, 0.15) is 29.3 Å². The van der Waals surface area contributed by atoms with E-state index in [1.54, 1.807) is 6.07 Å². The highest BCUT2D eigenvalue weighted by Gasteiger charge is 2.61. The molecule has 2 aliphatic heterocycles. The molecule has 0 saturated carbocycles. The van der Waals surface area contributed by atoms with E-state index in [0.717, 1.165) is 21.0 Å². The summed E-state index contributed by atoms with van der Waals surface area (Å²) in [4.78, 5) is 17.8. The summed E-state index contributed by atoms with van der Waals surface area (Å²) in [6.45, 7) is -0.369. The third kappa shape index (κ3) is 4.32. The third-order valence-corrected chi connectivity index (χ3v) is 8.73. The molecular formula is C23H23ClF4N4O3S. The molecule has 2 aromatic rings. The molecule has 0 radical (unpaired) electrons. The van der Waals surface area contributed by atoms with Crippen molar-refractivity contribution in [3.8, 4) is 0 Å². The third-order valence-electron chi connectivity index (χ3n) is 7.24. The largest absolute Gasteiger partial charge is 0.414 e. The van der Waals surface area contributed by atoms with Crippen LogP contribution in [0.5, 0.6) is 0 Å². The van der Waals surface area contributed by atoms with Crippen LogP contribution >= 0.6 is 11.6 Å². The Morgan fingerprint density at radius 1 is 1.19 bits per heavy atom. The molecule has 7 nitrogen and oxygen atoms in total. The number of hydrogen-bond donors (Lipinski definition) is 1. The zero-order valence-corrected chi connectivity index (χ0v) is 20.7. The lowest BCUT2D eigenvalue weighted by atomic mass is 9.80. The SMILES string of the molecule is CS(=O)(=O)N1CC2(CCN(C(c3ccc(NC4Cc5ccc(Cl)c(F)c5C4)cn3)C(F)(F)F)C2=O)C1. The molecule has 1 aromatic carbocycles. The molecule has 1 aliphatic carbocycles. The number of pyridine rings is 1. The summed E-state index contributed by atoms with van der Waals surface area (Å²) < 4.78 is 81.1. The molecule has 36 heavy (non-hydrogen) atoms. The van der Waals surface area contributed by atoms with Crippen molar-refractivity contribution in [2.24, 2.45) is 5.41 Å². The molecule has 2 saturated heterocycles. The molecular weight excluding hydrogens is 524 g/mol. The van der Waals surface area contributed by atoms with Gasteiger partial charge >= 0.3 is 6.18 Å². The Morgan fingerprint density at radius 2 is 1.92 bits per heavy atom. The van der Waals surface area contributed by atoms with Crippen LogP contribution in [0.4, 0.5) is 23.2 Å².